The van der Waals surface area contributed by atoms with Crippen LogP contribution in [0.15, 0.2) is 48.0 Å². The number of hydrogen-bond acceptors (Lipinski definition) is 4. The Kier molecular flexibility index (Phi) is 3.13. The molecule has 0 fully saturated rings. The minimum atomic E-state index is 0.938. The van der Waals surface area contributed by atoms with Crippen LogP contribution in [0.25, 0.3) is 9.75 Å². The van der Waals surface area contributed by atoms with E-state index in [2.05, 4.69) is 46.9 Å². The van der Waals surface area contributed by atoms with Gasteiger partial charge in [0, 0.05) is 16.8 Å². The summed E-state index contributed by atoms with van der Waals surface area (Å²) in [5.41, 5.74) is 2.34. The van der Waals surface area contributed by atoms with Gasteiger partial charge in [-0.2, -0.15) is 0 Å². The van der Waals surface area contributed by atoms with E-state index in [-0.39, 0.29) is 0 Å². The summed E-state index contributed by atoms with van der Waals surface area (Å²) in [6.07, 6.45) is 1.93. The summed E-state index contributed by atoms with van der Waals surface area (Å²) >= 11 is 3.42. The Morgan fingerprint density at radius 3 is 2.72 bits per heavy atom. The highest BCUT2D eigenvalue weighted by molar-refractivity contribution is 7.23. The molecule has 0 amide bonds. The molecule has 2 heterocycles. The van der Waals surface area contributed by atoms with Crippen LogP contribution in [0.1, 0.15) is 5.56 Å². The van der Waals surface area contributed by atoms with Gasteiger partial charge in [0.05, 0.1) is 4.88 Å². The van der Waals surface area contributed by atoms with Crippen LogP contribution in [0.3, 0.4) is 0 Å². The van der Waals surface area contributed by atoms with Crippen molar-refractivity contribution in [1.29, 1.82) is 0 Å². The number of nitrogens with one attached hydrogen (secondary N) is 1. The van der Waals surface area contributed by atoms with Crippen molar-refractivity contribution >= 4 is 33.5 Å². The Balaban J connectivity index is 1.85. The van der Waals surface area contributed by atoms with Crippen LogP contribution in [0, 0.1) is 6.92 Å². The van der Waals surface area contributed by atoms with E-state index in [1.807, 2.05) is 18.3 Å². The molecule has 0 saturated heterocycles. The summed E-state index contributed by atoms with van der Waals surface area (Å²) in [7, 11) is 0. The van der Waals surface area contributed by atoms with Crippen molar-refractivity contribution in [3.8, 4) is 9.75 Å². The molecular weight excluding hydrogens is 260 g/mol. The van der Waals surface area contributed by atoms with E-state index in [1.165, 1.54) is 15.3 Å². The smallest absolute Gasteiger partial charge is 0.187 e. The molecule has 0 aliphatic heterocycles. The molecule has 2 nitrogen and oxygen atoms in total. The molecule has 3 rings (SSSR count). The Morgan fingerprint density at radius 1 is 1.06 bits per heavy atom. The lowest BCUT2D eigenvalue weighted by Gasteiger charge is -2.05. The number of rotatable bonds is 3. The molecule has 0 unspecified atom stereocenters. The van der Waals surface area contributed by atoms with Crippen LogP contribution in [0.2, 0.25) is 0 Å². The van der Waals surface area contributed by atoms with E-state index < -0.39 is 0 Å². The molecular formula is C14H12N2S2. The maximum atomic E-state index is 4.42. The first-order valence-electron chi connectivity index (χ1n) is 5.65. The van der Waals surface area contributed by atoms with Crippen LogP contribution >= 0.6 is 22.7 Å². The van der Waals surface area contributed by atoms with Gasteiger partial charge in [-0.15, -0.1) is 11.3 Å². The van der Waals surface area contributed by atoms with Gasteiger partial charge >= 0.3 is 0 Å². The fourth-order valence-electron chi connectivity index (χ4n) is 1.69. The van der Waals surface area contributed by atoms with E-state index in [0.717, 1.165) is 10.8 Å². The van der Waals surface area contributed by atoms with Crippen LogP contribution in [0.5, 0.6) is 0 Å². The normalized spacial score (nSPS) is 10.5. The maximum absolute atomic E-state index is 4.42. The number of anilines is 2. The summed E-state index contributed by atoms with van der Waals surface area (Å²) in [6, 6.07) is 12.4. The molecule has 4 heteroatoms. The molecule has 0 atom stereocenters. The van der Waals surface area contributed by atoms with Gasteiger partial charge in [-0.1, -0.05) is 35.6 Å². The lowest BCUT2D eigenvalue weighted by atomic mass is 10.2. The second-order valence-corrected chi connectivity index (χ2v) is 5.93. The van der Waals surface area contributed by atoms with Gasteiger partial charge in [0.25, 0.3) is 0 Å². The number of nitrogens with zero attached hydrogens (tertiary/aromatic N) is 1. The summed E-state index contributed by atoms with van der Waals surface area (Å²) in [5, 5.41) is 6.39. The molecule has 1 N–H and O–H groups in total. The average molecular weight is 272 g/mol. The van der Waals surface area contributed by atoms with Crippen molar-refractivity contribution in [3.05, 3.63) is 53.5 Å². The van der Waals surface area contributed by atoms with Gasteiger partial charge in [-0.25, -0.2) is 4.98 Å². The summed E-state index contributed by atoms with van der Waals surface area (Å²) < 4.78 is 0. The second kappa shape index (κ2) is 4.92. The highest BCUT2D eigenvalue weighted by Gasteiger charge is 2.06. The first-order valence-corrected chi connectivity index (χ1v) is 7.35. The first kappa shape index (κ1) is 11.4. The highest BCUT2D eigenvalue weighted by atomic mass is 32.1. The summed E-state index contributed by atoms with van der Waals surface area (Å²) in [6.45, 7) is 2.09. The largest absolute Gasteiger partial charge is 0.331 e. The van der Waals surface area contributed by atoms with E-state index in [4.69, 9.17) is 0 Å². The van der Waals surface area contributed by atoms with Gasteiger partial charge in [-0.3, -0.25) is 0 Å². The van der Waals surface area contributed by atoms with Crippen LogP contribution < -0.4 is 5.32 Å². The molecule has 0 spiro atoms. The quantitative estimate of drug-likeness (QED) is 0.731. The highest BCUT2D eigenvalue weighted by Crippen LogP contribution is 2.33. The lowest BCUT2D eigenvalue weighted by Crippen LogP contribution is -1.91. The van der Waals surface area contributed by atoms with E-state index in [1.54, 1.807) is 22.7 Å². The van der Waals surface area contributed by atoms with Crippen molar-refractivity contribution in [3.63, 3.8) is 0 Å². The van der Waals surface area contributed by atoms with Gasteiger partial charge < -0.3 is 5.32 Å². The molecule has 0 saturated carbocycles. The van der Waals surface area contributed by atoms with Gasteiger partial charge in [0.1, 0.15) is 0 Å². The van der Waals surface area contributed by atoms with Crippen LogP contribution in [-0.2, 0) is 0 Å². The van der Waals surface area contributed by atoms with E-state index in [0.29, 0.717) is 0 Å². The van der Waals surface area contributed by atoms with E-state index in [9.17, 15) is 0 Å². The number of hydrogen-bond donors (Lipinski definition) is 1. The van der Waals surface area contributed by atoms with Crippen molar-refractivity contribution in [2.24, 2.45) is 0 Å². The first-order chi connectivity index (χ1) is 8.83. The Labute approximate surface area is 114 Å². The fourth-order valence-corrected chi connectivity index (χ4v) is 3.34. The topological polar surface area (TPSA) is 24.9 Å². The monoisotopic (exact) mass is 272 g/mol. The zero-order valence-corrected chi connectivity index (χ0v) is 11.5. The van der Waals surface area contributed by atoms with Gasteiger partial charge in [0.15, 0.2) is 5.13 Å². The molecule has 90 valence electrons. The minimum Gasteiger partial charge on any atom is -0.331 e. The summed E-state index contributed by atoms with van der Waals surface area (Å²) in [5.74, 6) is 0. The number of aromatic nitrogens is 1. The van der Waals surface area contributed by atoms with Gasteiger partial charge in [-0.05, 0) is 30.0 Å². The standard InChI is InChI=1S/C14H12N2S2/c1-10-5-2-3-6-11(10)16-14-15-9-13(18-14)12-7-4-8-17-12/h2-9H,1H3,(H,15,16). The summed E-state index contributed by atoms with van der Waals surface area (Å²) in [4.78, 5) is 6.90. The fraction of sp³-hybridized carbons (Fsp3) is 0.0714. The number of benzene rings is 1. The maximum Gasteiger partial charge on any atom is 0.187 e. The minimum absolute atomic E-state index is 0.938. The third kappa shape index (κ3) is 2.30. The number of aryl methyl sites for hydroxylation is 1. The molecule has 2 aromatic heterocycles. The average Bonchev–Trinajstić information content (AvgIpc) is 3.02. The molecule has 0 bridgehead atoms. The molecule has 3 aromatic rings. The van der Waals surface area contributed by atoms with Gasteiger partial charge in [0.2, 0.25) is 0 Å². The SMILES string of the molecule is Cc1ccccc1Nc1ncc(-c2cccs2)s1. The number of thiazole rings is 1. The number of para-hydroxylation sites is 1. The third-order valence-corrected chi connectivity index (χ3v) is 4.63. The molecule has 18 heavy (non-hydrogen) atoms. The molecule has 0 radical (unpaired) electrons. The van der Waals surface area contributed by atoms with Crippen molar-refractivity contribution in [2.75, 3.05) is 5.32 Å². The van der Waals surface area contributed by atoms with E-state index >= 15 is 0 Å². The van der Waals surface area contributed by atoms with Crippen molar-refractivity contribution in [1.82, 2.24) is 4.98 Å². The molecule has 0 aliphatic rings. The molecule has 0 aliphatic carbocycles. The van der Waals surface area contributed by atoms with Crippen molar-refractivity contribution < 1.29 is 0 Å². The molecule has 1 aromatic carbocycles. The van der Waals surface area contributed by atoms with Crippen molar-refractivity contribution in [2.45, 2.75) is 6.92 Å². The Bertz CT molecular complexity index is 641. The second-order valence-electron chi connectivity index (χ2n) is 3.95. The van der Waals surface area contributed by atoms with Crippen LogP contribution in [0.4, 0.5) is 10.8 Å². The Hall–Kier alpha value is -1.65. The third-order valence-electron chi connectivity index (χ3n) is 2.66. The predicted molar refractivity (Wildman–Crippen MR) is 79.9 cm³/mol. The van der Waals surface area contributed by atoms with Crippen LogP contribution in [-0.4, -0.2) is 4.98 Å². The zero-order valence-electron chi connectivity index (χ0n) is 9.88. The zero-order chi connectivity index (χ0) is 12.4. The number of thiophene rings is 1. The predicted octanol–water partition coefficient (Wildman–Crippen LogP) is 4.92. The Morgan fingerprint density at radius 2 is 1.94 bits per heavy atom. The lowest BCUT2D eigenvalue weighted by molar-refractivity contribution is 1.37.